The summed E-state index contributed by atoms with van der Waals surface area (Å²) in [5, 5.41) is 33.3. The molecular formula is C23H17N3O9. The van der Waals surface area contributed by atoms with E-state index >= 15 is 0 Å². The van der Waals surface area contributed by atoms with Crippen LogP contribution < -0.4 is 10.1 Å². The number of benzene rings is 3. The summed E-state index contributed by atoms with van der Waals surface area (Å²) in [6, 6.07) is 14.2. The number of amides is 1. The van der Waals surface area contributed by atoms with Crippen molar-refractivity contribution in [2.45, 2.75) is 12.5 Å². The molecule has 35 heavy (non-hydrogen) atoms. The quantitative estimate of drug-likeness (QED) is 0.202. The minimum atomic E-state index is -1.29. The second-order valence-electron chi connectivity index (χ2n) is 7.21. The van der Waals surface area contributed by atoms with Crippen LogP contribution in [0.25, 0.3) is 0 Å². The standard InChI is InChI=1S/C23H17N3O9/c27-21(15-3-7-17(8-4-15)25(31)32)24-20(22(28)29)13-14-1-11-19(12-2-14)35-23(30)16-5-9-18(10-6-16)26(33)34/h1-12,20H,13H2,(H,24,27)(H,28,29)/t20-/m0/s1. The van der Waals surface area contributed by atoms with Gasteiger partial charge in [0.1, 0.15) is 11.8 Å². The zero-order chi connectivity index (χ0) is 25.5. The molecule has 3 aromatic carbocycles. The highest BCUT2D eigenvalue weighted by Gasteiger charge is 2.22. The average Bonchev–Trinajstić information content (AvgIpc) is 2.84. The summed E-state index contributed by atoms with van der Waals surface area (Å²) in [6.45, 7) is 0. The van der Waals surface area contributed by atoms with Gasteiger partial charge < -0.3 is 15.2 Å². The molecule has 1 amide bonds. The maximum absolute atomic E-state index is 12.4. The maximum Gasteiger partial charge on any atom is 0.343 e. The lowest BCUT2D eigenvalue weighted by Gasteiger charge is -2.15. The molecule has 1 atom stereocenters. The first kappa shape index (κ1) is 24.5. The van der Waals surface area contributed by atoms with Crippen LogP contribution in [0.5, 0.6) is 5.75 Å². The first-order chi connectivity index (χ1) is 16.6. The van der Waals surface area contributed by atoms with E-state index in [2.05, 4.69) is 5.32 Å². The normalized spacial score (nSPS) is 11.2. The molecule has 0 aliphatic rings. The number of nitrogens with zero attached hydrogens (tertiary/aromatic N) is 2. The molecule has 0 aromatic heterocycles. The van der Waals surface area contributed by atoms with Crippen LogP contribution in [0, 0.1) is 20.2 Å². The summed E-state index contributed by atoms with van der Waals surface area (Å²) in [6.07, 6.45) is -0.0787. The summed E-state index contributed by atoms with van der Waals surface area (Å²) in [4.78, 5) is 56.4. The number of hydrogen-bond acceptors (Lipinski definition) is 8. The number of esters is 1. The third-order valence-corrected chi connectivity index (χ3v) is 4.83. The molecule has 0 spiro atoms. The Bertz CT molecular complexity index is 1270. The molecule has 0 radical (unpaired) electrons. The molecule has 0 bridgehead atoms. The van der Waals surface area contributed by atoms with E-state index in [1.54, 1.807) is 0 Å². The highest BCUT2D eigenvalue weighted by Crippen LogP contribution is 2.18. The van der Waals surface area contributed by atoms with Crippen LogP contribution >= 0.6 is 0 Å². The van der Waals surface area contributed by atoms with E-state index in [4.69, 9.17) is 4.74 Å². The second kappa shape index (κ2) is 10.7. The van der Waals surface area contributed by atoms with E-state index in [-0.39, 0.29) is 34.7 Å². The number of carbonyl (C=O) groups is 3. The van der Waals surface area contributed by atoms with Crippen molar-refractivity contribution in [3.8, 4) is 5.75 Å². The van der Waals surface area contributed by atoms with Gasteiger partial charge in [0.05, 0.1) is 15.4 Å². The topological polar surface area (TPSA) is 179 Å². The zero-order valence-corrected chi connectivity index (χ0v) is 17.8. The monoisotopic (exact) mass is 479 g/mol. The Balaban J connectivity index is 1.62. The molecule has 0 fully saturated rings. The number of aliphatic carboxylic acids is 1. The summed E-state index contributed by atoms with van der Waals surface area (Å²) in [7, 11) is 0. The molecule has 3 aromatic rings. The minimum Gasteiger partial charge on any atom is -0.480 e. The van der Waals surface area contributed by atoms with E-state index < -0.39 is 33.7 Å². The number of nitrogens with one attached hydrogen (secondary N) is 1. The molecule has 2 N–H and O–H groups in total. The molecule has 0 aliphatic carbocycles. The van der Waals surface area contributed by atoms with E-state index in [0.717, 1.165) is 12.1 Å². The summed E-state index contributed by atoms with van der Waals surface area (Å²) < 4.78 is 5.21. The lowest BCUT2D eigenvalue weighted by atomic mass is 10.1. The van der Waals surface area contributed by atoms with E-state index in [9.17, 15) is 39.7 Å². The Morgan fingerprint density at radius 2 is 1.29 bits per heavy atom. The van der Waals surface area contributed by atoms with Crippen molar-refractivity contribution in [3.05, 3.63) is 110 Å². The zero-order valence-electron chi connectivity index (χ0n) is 17.8. The number of carboxylic acid groups (broad SMARTS) is 1. The molecule has 12 heteroatoms. The smallest absolute Gasteiger partial charge is 0.343 e. The lowest BCUT2D eigenvalue weighted by molar-refractivity contribution is -0.385. The third kappa shape index (κ3) is 6.44. The van der Waals surface area contributed by atoms with Gasteiger partial charge in [-0.05, 0) is 42.0 Å². The Morgan fingerprint density at radius 3 is 1.74 bits per heavy atom. The van der Waals surface area contributed by atoms with E-state index in [1.165, 1.54) is 60.7 Å². The van der Waals surface area contributed by atoms with Gasteiger partial charge in [-0.2, -0.15) is 0 Å². The van der Waals surface area contributed by atoms with E-state index in [1.807, 2.05) is 0 Å². The Morgan fingerprint density at radius 1 is 0.800 bits per heavy atom. The summed E-state index contributed by atoms with van der Waals surface area (Å²) in [5.41, 5.74) is 0.330. The van der Waals surface area contributed by atoms with Gasteiger partial charge >= 0.3 is 11.9 Å². The van der Waals surface area contributed by atoms with Gasteiger partial charge in [0.15, 0.2) is 0 Å². The molecule has 0 aliphatic heterocycles. The van der Waals surface area contributed by atoms with Crippen molar-refractivity contribution in [2.75, 3.05) is 0 Å². The van der Waals surface area contributed by atoms with Crippen LogP contribution in [-0.4, -0.2) is 38.8 Å². The summed E-state index contributed by atoms with van der Waals surface area (Å²) in [5.74, 6) is -2.56. The van der Waals surface area contributed by atoms with Gasteiger partial charge in [0.25, 0.3) is 17.3 Å². The number of nitro groups is 2. The van der Waals surface area contributed by atoms with Crippen LogP contribution in [0.4, 0.5) is 11.4 Å². The fraction of sp³-hybridized carbons (Fsp3) is 0.0870. The van der Waals surface area contributed by atoms with Crippen LogP contribution in [0.2, 0.25) is 0 Å². The molecule has 0 saturated heterocycles. The molecule has 12 nitrogen and oxygen atoms in total. The highest BCUT2D eigenvalue weighted by molar-refractivity contribution is 5.96. The van der Waals surface area contributed by atoms with Gasteiger partial charge in [-0.3, -0.25) is 25.0 Å². The molecule has 178 valence electrons. The summed E-state index contributed by atoms with van der Waals surface area (Å²) >= 11 is 0. The SMILES string of the molecule is O=C(N[C@@H](Cc1ccc(OC(=O)c2ccc([N+](=O)[O-])cc2)cc1)C(=O)O)c1ccc([N+](=O)[O-])cc1. The number of rotatable bonds is 9. The molecule has 3 rings (SSSR count). The molecule has 0 unspecified atom stereocenters. The number of hydrogen-bond donors (Lipinski definition) is 2. The van der Waals surface area contributed by atoms with Crippen LogP contribution in [0.1, 0.15) is 26.3 Å². The fourth-order valence-electron chi connectivity index (χ4n) is 2.99. The number of non-ortho nitro benzene ring substituents is 2. The molecule has 0 saturated carbocycles. The number of carboxylic acids is 1. The third-order valence-electron chi connectivity index (χ3n) is 4.83. The Hall–Kier alpha value is -5.13. The van der Waals surface area contributed by atoms with Crippen molar-refractivity contribution >= 4 is 29.2 Å². The largest absolute Gasteiger partial charge is 0.480 e. The van der Waals surface area contributed by atoms with Crippen LogP contribution in [0.15, 0.2) is 72.8 Å². The van der Waals surface area contributed by atoms with Gasteiger partial charge in [-0.15, -0.1) is 0 Å². The Labute approximate surface area is 197 Å². The molecule has 0 heterocycles. The average molecular weight is 479 g/mol. The van der Waals surface area contributed by atoms with Gasteiger partial charge in [0.2, 0.25) is 0 Å². The molecular weight excluding hydrogens is 462 g/mol. The van der Waals surface area contributed by atoms with Crippen molar-refractivity contribution in [1.29, 1.82) is 0 Å². The van der Waals surface area contributed by atoms with Gasteiger partial charge in [0, 0.05) is 36.2 Å². The second-order valence-corrected chi connectivity index (χ2v) is 7.21. The predicted octanol–water partition coefficient (Wildman–Crippen LogP) is 3.15. The predicted molar refractivity (Wildman–Crippen MR) is 120 cm³/mol. The van der Waals surface area contributed by atoms with Crippen molar-refractivity contribution in [2.24, 2.45) is 0 Å². The lowest BCUT2D eigenvalue weighted by Crippen LogP contribution is -2.42. The fourth-order valence-corrected chi connectivity index (χ4v) is 2.99. The Kier molecular flexibility index (Phi) is 7.46. The van der Waals surface area contributed by atoms with Crippen LogP contribution in [-0.2, 0) is 11.2 Å². The van der Waals surface area contributed by atoms with Crippen molar-refractivity contribution < 1.29 is 34.1 Å². The first-order valence-corrected chi connectivity index (χ1v) is 9.97. The number of carbonyl (C=O) groups excluding carboxylic acids is 2. The van der Waals surface area contributed by atoms with Crippen molar-refractivity contribution in [1.82, 2.24) is 5.32 Å². The number of ether oxygens (including phenoxy) is 1. The van der Waals surface area contributed by atoms with Gasteiger partial charge in [-0.25, -0.2) is 9.59 Å². The van der Waals surface area contributed by atoms with Crippen LogP contribution in [0.3, 0.4) is 0 Å². The van der Waals surface area contributed by atoms with E-state index in [0.29, 0.717) is 5.56 Å². The maximum atomic E-state index is 12.4. The highest BCUT2D eigenvalue weighted by atomic mass is 16.6. The first-order valence-electron chi connectivity index (χ1n) is 9.97. The van der Waals surface area contributed by atoms with Crippen molar-refractivity contribution in [3.63, 3.8) is 0 Å². The number of nitro benzene ring substituents is 2. The minimum absolute atomic E-state index is 0.0651. The van der Waals surface area contributed by atoms with Gasteiger partial charge in [-0.1, -0.05) is 12.1 Å².